The van der Waals surface area contributed by atoms with Crippen LogP contribution in [0.4, 0.5) is 14.6 Å². The highest BCUT2D eigenvalue weighted by Crippen LogP contribution is 2.32. The summed E-state index contributed by atoms with van der Waals surface area (Å²) in [5.41, 5.74) is 6.09. The van der Waals surface area contributed by atoms with Crippen LogP contribution in [0.15, 0.2) is 83.7 Å². The predicted molar refractivity (Wildman–Crippen MR) is 200 cm³/mol. The highest BCUT2D eigenvalue weighted by Gasteiger charge is 2.31. The molecule has 11 nitrogen and oxygen atoms in total. The molecule has 0 aliphatic carbocycles. The number of nitrogens with one attached hydrogen (secondary N) is 3. The van der Waals surface area contributed by atoms with Crippen LogP contribution in [0.25, 0.3) is 21.9 Å². The average Bonchev–Trinajstić information content (AvgIpc) is 3.66. The molecule has 1 unspecified atom stereocenters. The Morgan fingerprint density at radius 2 is 1.59 bits per heavy atom. The van der Waals surface area contributed by atoms with Crippen LogP contribution in [0.3, 0.4) is 0 Å². The summed E-state index contributed by atoms with van der Waals surface area (Å²) in [6, 6.07) is 21.9. The van der Waals surface area contributed by atoms with Crippen molar-refractivity contribution in [2.45, 2.75) is 50.5 Å². The Morgan fingerprint density at radius 3 is 2.33 bits per heavy atom. The second-order valence-corrected chi connectivity index (χ2v) is 14.4. The largest absolute Gasteiger partial charge is 0.329 e. The number of hydrogen-bond acceptors (Lipinski definition) is 6. The molecule has 1 atom stereocenters. The van der Waals surface area contributed by atoms with E-state index in [1.54, 1.807) is 11.6 Å². The third-order valence-corrected chi connectivity index (χ3v) is 10.8. The van der Waals surface area contributed by atoms with Crippen LogP contribution in [0, 0.1) is 11.6 Å². The van der Waals surface area contributed by atoms with Crippen molar-refractivity contribution >= 4 is 45.5 Å². The van der Waals surface area contributed by atoms with Gasteiger partial charge < -0.3 is 10.2 Å². The minimum Gasteiger partial charge on any atom is -0.305 e. The van der Waals surface area contributed by atoms with Gasteiger partial charge in [0.05, 0.1) is 16.6 Å². The van der Waals surface area contributed by atoms with E-state index in [-0.39, 0.29) is 23.9 Å². The summed E-state index contributed by atoms with van der Waals surface area (Å²) in [6.45, 7) is 2.78. The molecule has 2 aromatic heterocycles. The van der Waals surface area contributed by atoms with Gasteiger partial charge in [-0.3, -0.25) is 33.9 Å². The fraction of sp³-hybridized carbons (Fsp3) is 0.293. The summed E-state index contributed by atoms with van der Waals surface area (Å²) < 4.78 is 30.5. The van der Waals surface area contributed by atoms with Crippen LogP contribution < -0.4 is 16.3 Å². The first-order valence-electron chi connectivity index (χ1n) is 18.2. The van der Waals surface area contributed by atoms with Crippen molar-refractivity contribution in [3.8, 4) is 0 Å². The van der Waals surface area contributed by atoms with Crippen LogP contribution in [-0.4, -0.2) is 61.6 Å². The summed E-state index contributed by atoms with van der Waals surface area (Å²) in [4.78, 5) is 53.0. The number of carbonyl (C=O) groups is 3. The fourth-order valence-corrected chi connectivity index (χ4v) is 7.86. The number of aromatic amines is 1. The predicted octanol–water partition coefficient (Wildman–Crippen LogP) is 5.74. The van der Waals surface area contributed by atoms with E-state index in [4.69, 9.17) is 0 Å². The third kappa shape index (κ3) is 7.06. The molecule has 3 N–H and O–H groups in total. The summed E-state index contributed by atoms with van der Waals surface area (Å²) >= 11 is 0. The lowest BCUT2D eigenvalue weighted by atomic mass is 9.89. The van der Waals surface area contributed by atoms with Crippen LogP contribution in [-0.2, 0) is 29.5 Å². The zero-order valence-electron chi connectivity index (χ0n) is 29.7. The molecule has 0 saturated carbocycles. The van der Waals surface area contributed by atoms with E-state index in [1.165, 1.54) is 22.3 Å². The molecule has 13 heteroatoms. The molecule has 2 fully saturated rings. The number of nitrogens with zero attached hydrogens (tertiary/aromatic N) is 4. The number of piperidine rings is 2. The number of carbonyl (C=O) groups excluding carboxylic acids is 3. The topological polar surface area (TPSA) is 134 Å². The number of imide groups is 1. The van der Waals surface area contributed by atoms with E-state index in [0.29, 0.717) is 46.6 Å². The Balaban J connectivity index is 0.850. The van der Waals surface area contributed by atoms with E-state index >= 15 is 0 Å². The van der Waals surface area contributed by atoms with Crippen LogP contribution in [0.2, 0.25) is 0 Å². The first-order valence-corrected chi connectivity index (χ1v) is 18.2. The van der Waals surface area contributed by atoms with E-state index in [2.05, 4.69) is 37.9 Å². The van der Waals surface area contributed by atoms with Gasteiger partial charge in [0.2, 0.25) is 11.8 Å². The normalized spacial score (nSPS) is 17.0. The molecule has 0 radical (unpaired) electrons. The van der Waals surface area contributed by atoms with Crippen LogP contribution >= 0.6 is 0 Å². The maximum atomic E-state index is 13.7. The highest BCUT2D eigenvalue weighted by atomic mass is 19.1. The molecule has 8 rings (SSSR count). The second-order valence-electron chi connectivity index (χ2n) is 14.4. The van der Waals surface area contributed by atoms with E-state index in [0.717, 1.165) is 67.1 Å². The SMILES string of the molecule is Cn1c(=O)n(C2CCC(=O)NC2=O)c2ccc(C3CCN(CCc4ccc(C(=O)Nc5n[nH]c6ccc(Cc7cc(F)cc(F)c7)cc56)cc4)CC3)cc21. The van der Waals surface area contributed by atoms with E-state index in [1.807, 2.05) is 48.5 Å². The number of imidazole rings is 1. The zero-order valence-corrected chi connectivity index (χ0v) is 29.7. The molecule has 4 aromatic carbocycles. The number of halogens is 2. The van der Waals surface area contributed by atoms with Gasteiger partial charge in [0.25, 0.3) is 5.91 Å². The summed E-state index contributed by atoms with van der Waals surface area (Å²) in [5.74, 6) is -1.55. The van der Waals surface area contributed by atoms with Gasteiger partial charge in [-0.2, -0.15) is 5.10 Å². The molecular weight excluding hydrogens is 692 g/mol. The Kier molecular flexibility index (Phi) is 9.40. The number of anilines is 1. The van der Waals surface area contributed by atoms with E-state index in [9.17, 15) is 28.0 Å². The Hall–Kier alpha value is -5.95. The molecule has 6 aromatic rings. The minimum absolute atomic E-state index is 0.207. The number of rotatable bonds is 9. The Morgan fingerprint density at radius 1 is 0.852 bits per heavy atom. The maximum Gasteiger partial charge on any atom is 0.329 e. The van der Waals surface area contributed by atoms with Gasteiger partial charge in [-0.25, -0.2) is 13.6 Å². The van der Waals surface area contributed by atoms with Crippen molar-refractivity contribution in [3.63, 3.8) is 0 Å². The van der Waals surface area contributed by atoms with E-state index < -0.39 is 23.6 Å². The lowest BCUT2D eigenvalue weighted by Crippen LogP contribution is -2.44. The standard InChI is InChI=1S/C41H39F2N7O4/c1-48-36-22-29(7-9-34(36)50(41(48)54)35-10-11-37(51)44-40(35)53)27-13-16-49(17-14-27)15-12-24-2-5-28(6-3-24)39(52)45-38-32-21-25(4-8-33(32)46-47-38)18-26-19-30(42)23-31(43)20-26/h2-9,19-23,27,35H,10-18H2,1H3,(H,44,51,53)(H2,45,46,47,52). The molecule has 2 aliphatic rings. The lowest BCUT2D eigenvalue weighted by Gasteiger charge is -2.32. The Labute approximate surface area is 309 Å². The van der Waals surface area contributed by atoms with Crippen molar-refractivity contribution in [2.75, 3.05) is 25.0 Å². The first kappa shape index (κ1) is 35.1. The summed E-state index contributed by atoms with van der Waals surface area (Å²) in [5, 5.41) is 13.2. The van der Waals surface area contributed by atoms with Crippen LogP contribution in [0.5, 0.6) is 0 Å². The number of benzene rings is 4. The van der Waals surface area contributed by atoms with Gasteiger partial charge in [-0.15, -0.1) is 0 Å². The fourth-order valence-electron chi connectivity index (χ4n) is 7.86. The number of amides is 3. The lowest BCUT2D eigenvalue weighted by molar-refractivity contribution is -0.135. The number of likely N-dealkylation sites (tertiary alicyclic amines) is 1. The minimum atomic E-state index is -0.699. The van der Waals surface area contributed by atoms with Crippen molar-refractivity contribution in [1.29, 1.82) is 0 Å². The smallest absolute Gasteiger partial charge is 0.305 e. The third-order valence-electron chi connectivity index (χ3n) is 10.8. The van der Waals surface area contributed by atoms with Crippen LogP contribution in [0.1, 0.15) is 70.3 Å². The van der Waals surface area contributed by atoms with Gasteiger partial charge in [-0.1, -0.05) is 24.3 Å². The average molecular weight is 732 g/mol. The summed E-state index contributed by atoms with van der Waals surface area (Å²) in [7, 11) is 1.72. The monoisotopic (exact) mass is 731 g/mol. The van der Waals surface area contributed by atoms with Gasteiger partial charge in [0.1, 0.15) is 17.7 Å². The van der Waals surface area contributed by atoms with Gasteiger partial charge >= 0.3 is 5.69 Å². The van der Waals surface area contributed by atoms with Gasteiger partial charge in [0, 0.05) is 37.0 Å². The number of fused-ring (bicyclic) bond motifs is 2. The quantitative estimate of drug-likeness (QED) is 0.163. The van der Waals surface area contributed by atoms with Crippen molar-refractivity contribution < 1.29 is 23.2 Å². The highest BCUT2D eigenvalue weighted by molar-refractivity contribution is 6.08. The molecule has 276 valence electrons. The van der Waals surface area contributed by atoms with Gasteiger partial charge in [0.15, 0.2) is 5.82 Å². The van der Waals surface area contributed by atoms with Crippen molar-refractivity contribution in [3.05, 3.63) is 129 Å². The molecule has 0 bridgehead atoms. The molecule has 2 aliphatic heterocycles. The number of aromatic nitrogens is 4. The Bertz CT molecular complexity index is 2460. The summed E-state index contributed by atoms with van der Waals surface area (Å²) in [6.07, 6.45) is 3.66. The maximum absolute atomic E-state index is 13.7. The molecule has 54 heavy (non-hydrogen) atoms. The number of aryl methyl sites for hydroxylation is 1. The first-order chi connectivity index (χ1) is 26.1. The molecule has 3 amide bonds. The van der Waals surface area contributed by atoms with Gasteiger partial charge in [-0.05, 0) is 122 Å². The zero-order chi connectivity index (χ0) is 37.5. The molecule has 4 heterocycles. The second kappa shape index (κ2) is 14.5. The van der Waals surface area contributed by atoms with Crippen molar-refractivity contribution in [1.82, 2.24) is 29.5 Å². The molecule has 0 spiro atoms. The number of H-pyrrole nitrogens is 1. The molecular formula is C41H39F2N7O4. The van der Waals surface area contributed by atoms with Crippen molar-refractivity contribution in [2.24, 2.45) is 7.05 Å². The number of hydrogen-bond donors (Lipinski definition) is 3. The molecule has 2 saturated heterocycles.